The third-order valence-electron chi connectivity index (χ3n) is 5.20. The van der Waals surface area contributed by atoms with Crippen molar-refractivity contribution in [2.24, 2.45) is 0 Å². The number of aromatic hydroxyl groups is 1. The molecule has 0 heterocycles. The molecule has 34 heavy (non-hydrogen) atoms. The van der Waals surface area contributed by atoms with Gasteiger partial charge in [0.2, 0.25) is 5.75 Å². The van der Waals surface area contributed by atoms with Crippen molar-refractivity contribution in [1.82, 2.24) is 0 Å². The van der Waals surface area contributed by atoms with Gasteiger partial charge in [-0.2, -0.15) is 0 Å². The summed E-state index contributed by atoms with van der Waals surface area (Å²) in [7, 11) is 2.19. The first kappa shape index (κ1) is 24.8. The number of nitrogens with two attached hydrogens (primary N) is 1. The smallest absolute Gasteiger partial charge is 0.203 e. The van der Waals surface area contributed by atoms with Crippen LogP contribution in [-0.4, -0.2) is 42.0 Å². The van der Waals surface area contributed by atoms with Crippen LogP contribution in [0.3, 0.4) is 0 Å². The molecule has 8 nitrogen and oxygen atoms in total. The molecule has 0 unspecified atom stereocenters. The zero-order chi connectivity index (χ0) is 24.9. The van der Waals surface area contributed by atoms with Gasteiger partial charge in [-0.05, 0) is 53.6 Å². The molecule has 3 rings (SSSR count). The van der Waals surface area contributed by atoms with Crippen LogP contribution >= 0.6 is 0 Å². The van der Waals surface area contributed by atoms with Gasteiger partial charge >= 0.3 is 0 Å². The molecule has 180 valence electrons. The Morgan fingerprint density at radius 3 is 1.94 bits per heavy atom. The molecule has 0 saturated heterocycles. The largest absolute Gasteiger partial charge is 0.504 e. The fraction of sp³-hybridized carbons (Fsp3) is 0.200. The molecule has 3 aromatic carbocycles. The molecule has 0 fully saturated rings. The molecular formula is C25H27NO7S. The molecule has 0 aliphatic carbocycles. The van der Waals surface area contributed by atoms with E-state index in [1.54, 1.807) is 30.4 Å². The second-order valence-corrected chi connectivity index (χ2v) is 9.30. The van der Waals surface area contributed by atoms with E-state index in [1.165, 1.54) is 58.8 Å². The molecule has 0 aliphatic heterocycles. The van der Waals surface area contributed by atoms with Gasteiger partial charge in [0, 0.05) is 11.3 Å². The average Bonchev–Trinajstić information content (AvgIpc) is 2.83. The molecule has 0 aromatic heterocycles. The first-order valence-electron chi connectivity index (χ1n) is 10.2. The Hall–Kier alpha value is -3.85. The molecule has 0 amide bonds. The van der Waals surface area contributed by atoms with Crippen molar-refractivity contribution in [2.45, 2.75) is 10.6 Å². The van der Waals surface area contributed by atoms with Gasteiger partial charge in [-0.3, -0.25) is 0 Å². The van der Waals surface area contributed by atoms with Gasteiger partial charge in [0.15, 0.2) is 32.8 Å². The number of hydrogen-bond donors (Lipinski definition) is 2. The van der Waals surface area contributed by atoms with E-state index in [4.69, 9.17) is 24.7 Å². The summed E-state index contributed by atoms with van der Waals surface area (Å²) in [5.41, 5.74) is 7.76. The maximum absolute atomic E-state index is 13.1. The Kier molecular flexibility index (Phi) is 7.57. The topological polar surface area (TPSA) is 117 Å². The average molecular weight is 486 g/mol. The number of nitrogen functional groups attached to an aromatic ring is 1. The number of phenolic OH excluding ortho intramolecular Hbond substituents is 1. The molecule has 0 bridgehead atoms. The highest BCUT2D eigenvalue weighted by molar-refractivity contribution is 7.90. The minimum Gasteiger partial charge on any atom is -0.504 e. The number of anilines is 1. The molecule has 0 aliphatic rings. The van der Waals surface area contributed by atoms with Crippen LogP contribution in [0.25, 0.3) is 12.2 Å². The molecule has 0 atom stereocenters. The van der Waals surface area contributed by atoms with Crippen molar-refractivity contribution in [3.05, 3.63) is 65.2 Å². The molecule has 9 heteroatoms. The fourth-order valence-electron chi connectivity index (χ4n) is 3.50. The monoisotopic (exact) mass is 485 g/mol. The van der Waals surface area contributed by atoms with Gasteiger partial charge in [-0.1, -0.05) is 18.2 Å². The Labute approximate surface area is 199 Å². The van der Waals surface area contributed by atoms with Crippen LogP contribution < -0.4 is 24.7 Å². The number of benzene rings is 3. The zero-order valence-electron chi connectivity index (χ0n) is 19.4. The molecular weight excluding hydrogens is 458 g/mol. The lowest BCUT2D eigenvalue weighted by atomic mass is 10.0. The van der Waals surface area contributed by atoms with E-state index >= 15 is 0 Å². The number of methoxy groups -OCH3 is 4. The standard InChI is InChI=1S/C25H27NO7S/c1-30-22-13-16(14-23(31-2)25(22)33-4)5-6-17-7-12-21(27)24(32-3)20(17)15-34(28,29)19-10-8-18(26)9-11-19/h5-14,27H,15,26H2,1-4H3/b6-5-. The predicted octanol–water partition coefficient (Wildman–Crippen LogP) is 4.15. The number of ether oxygens (including phenoxy) is 4. The number of hydrogen-bond acceptors (Lipinski definition) is 8. The molecule has 0 radical (unpaired) electrons. The van der Waals surface area contributed by atoms with Crippen LogP contribution in [0.4, 0.5) is 5.69 Å². The summed E-state index contributed by atoms with van der Waals surface area (Å²) in [5.74, 6) is 0.972. The van der Waals surface area contributed by atoms with E-state index in [0.29, 0.717) is 34.1 Å². The normalized spacial score (nSPS) is 11.4. The minimum atomic E-state index is -3.75. The first-order chi connectivity index (χ1) is 16.2. The van der Waals surface area contributed by atoms with E-state index in [9.17, 15) is 13.5 Å². The van der Waals surface area contributed by atoms with Crippen molar-refractivity contribution >= 4 is 27.7 Å². The van der Waals surface area contributed by atoms with Gasteiger partial charge in [-0.25, -0.2) is 8.42 Å². The summed E-state index contributed by atoms with van der Waals surface area (Å²) >= 11 is 0. The Morgan fingerprint density at radius 1 is 0.824 bits per heavy atom. The van der Waals surface area contributed by atoms with Crippen molar-refractivity contribution in [3.63, 3.8) is 0 Å². The predicted molar refractivity (Wildman–Crippen MR) is 131 cm³/mol. The third-order valence-corrected chi connectivity index (χ3v) is 6.86. The molecule has 0 spiro atoms. The Balaban J connectivity index is 2.07. The van der Waals surface area contributed by atoms with Crippen LogP contribution in [0.1, 0.15) is 16.7 Å². The van der Waals surface area contributed by atoms with Crippen LogP contribution in [0.2, 0.25) is 0 Å². The zero-order valence-corrected chi connectivity index (χ0v) is 20.2. The molecule has 0 saturated carbocycles. The summed E-state index contributed by atoms with van der Waals surface area (Å²) < 4.78 is 47.7. The summed E-state index contributed by atoms with van der Waals surface area (Å²) in [6.07, 6.45) is 3.51. The van der Waals surface area contributed by atoms with Gasteiger partial charge in [-0.15, -0.1) is 0 Å². The van der Waals surface area contributed by atoms with Gasteiger partial charge in [0.05, 0.1) is 39.1 Å². The lowest BCUT2D eigenvalue weighted by molar-refractivity contribution is 0.324. The van der Waals surface area contributed by atoms with Gasteiger partial charge in [0.25, 0.3) is 0 Å². The number of rotatable bonds is 9. The lowest BCUT2D eigenvalue weighted by Gasteiger charge is -2.15. The second-order valence-electron chi connectivity index (χ2n) is 7.31. The molecule has 3 N–H and O–H groups in total. The highest BCUT2D eigenvalue weighted by Crippen LogP contribution is 2.39. The Bertz CT molecular complexity index is 1270. The summed E-state index contributed by atoms with van der Waals surface area (Å²) in [6, 6.07) is 12.6. The minimum absolute atomic E-state index is 0.0889. The van der Waals surface area contributed by atoms with Crippen LogP contribution in [0.5, 0.6) is 28.7 Å². The van der Waals surface area contributed by atoms with Crippen molar-refractivity contribution in [1.29, 1.82) is 0 Å². The van der Waals surface area contributed by atoms with E-state index in [-0.39, 0.29) is 22.1 Å². The van der Waals surface area contributed by atoms with Crippen LogP contribution in [0, 0.1) is 0 Å². The second kappa shape index (κ2) is 10.4. The fourth-order valence-corrected chi connectivity index (χ4v) is 4.89. The maximum atomic E-state index is 13.1. The van der Waals surface area contributed by atoms with E-state index in [0.717, 1.165) is 5.56 Å². The van der Waals surface area contributed by atoms with Gasteiger partial charge < -0.3 is 29.8 Å². The summed E-state index contributed by atoms with van der Waals surface area (Å²) in [5, 5.41) is 10.3. The van der Waals surface area contributed by atoms with Gasteiger partial charge in [0.1, 0.15) is 0 Å². The highest BCUT2D eigenvalue weighted by atomic mass is 32.2. The Morgan fingerprint density at radius 2 is 1.41 bits per heavy atom. The van der Waals surface area contributed by atoms with Crippen molar-refractivity contribution in [2.75, 3.05) is 34.2 Å². The lowest BCUT2D eigenvalue weighted by Crippen LogP contribution is -2.08. The van der Waals surface area contributed by atoms with Crippen LogP contribution in [-0.2, 0) is 15.6 Å². The quantitative estimate of drug-likeness (QED) is 0.343. The van der Waals surface area contributed by atoms with E-state index < -0.39 is 9.84 Å². The SMILES string of the molecule is COc1cc(/C=C\c2ccc(O)c(OC)c2CS(=O)(=O)c2ccc(N)cc2)cc(OC)c1OC. The van der Waals surface area contributed by atoms with Crippen molar-refractivity contribution < 1.29 is 32.5 Å². The molecule has 3 aromatic rings. The summed E-state index contributed by atoms with van der Waals surface area (Å²) in [4.78, 5) is 0.117. The van der Waals surface area contributed by atoms with E-state index in [1.807, 2.05) is 0 Å². The first-order valence-corrected chi connectivity index (χ1v) is 11.8. The number of phenols is 1. The van der Waals surface area contributed by atoms with E-state index in [2.05, 4.69) is 0 Å². The highest BCUT2D eigenvalue weighted by Gasteiger charge is 2.22. The summed E-state index contributed by atoms with van der Waals surface area (Å²) in [6.45, 7) is 0. The van der Waals surface area contributed by atoms with Crippen molar-refractivity contribution in [3.8, 4) is 28.7 Å². The third kappa shape index (κ3) is 5.20. The maximum Gasteiger partial charge on any atom is 0.203 e. The van der Waals surface area contributed by atoms with Crippen LogP contribution in [0.15, 0.2) is 53.4 Å². The number of sulfone groups is 1.